The lowest BCUT2D eigenvalue weighted by Gasteiger charge is -2.03. The van der Waals surface area contributed by atoms with Gasteiger partial charge >= 0.3 is 5.97 Å². The molecule has 2 aromatic carbocycles. The van der Waals surface area contributed by atoms with Crippen molar-refractivity contribution in [1.82, 2.24) is 0 Å². The third kappa shape index (κ3) is 1.97. The summed E-state index contributed by atoms with van der Waals surface area (Å²) in [6, 6.07) is 9.70. The number of rotatable bonds is 2. The first-order valence-electron chi connectivity index (χ1n) is 5.94. The Balaban J connectivity index is 2.40. The number of fused-ring (bicyclic) bond motifs is 2. The zero-order valence-electron chi connectivity index (χ0n) is 10.3. The lowest BCUT2D eigenvalue weighted by molar-refractivity contribution is 0.0697. The van der Waals surface area contributed by atoms with E-state index < -0.39 is 5.97 Å². The molecule has 100 valence electrons. The van der Waals surface area contributed by atoms with E-state index in [1.165, 1.54) is 23.5 Å². The average Bonchev–Trinajstić information content (AvgIpc) is 2.46. The molecule has 3 rings (SSSR count). The molecule has 20 heavy (non-hydrogen) atoms. The second kappa shape index (κ2) is 4.70. The number of aromatic carboxylic acids is 1. The van der Waals surface area contributed by atoms with Crippen molar-refractivity contribution in [3.05, 3.63) is 57.7 Å². The Morgan fingerprint density at radius 3 is 2.55 bits per heavy atom. The van der Waals surface area contributed by atoms with Gasteiger partial charge in [-0.15, -0.1) is 11.3 Å². The van der Waals surface area contributed by atoms with Crippen LogP contribution in [0.15, 0.2) is 41.2 Å². The number of aliphatic hydroxyl groups is 1. The van der Waals surface area contributed by atoms with Crippen LogP contribution in [0.5, 0.6) is 0 Å². The molecule has 0 aliphatic rings. The predicted molar refractivity (Wildman–Crippen MR) is 78.5 cm³/mol. The lowest BCUT2D eigenvalue weighted by Crippen LogP contribution is -2.03. The molecule has 0 spiro atoms. The summed E-state index contributed by atoms with van der Waals surface area (Å²) in [4.78, 5) is 23.4. The van der Waals surface area contributed by atoms with Gasteiger partial charge in [-0.3, -0.25) is 4.79 Å². The Morgan fingerprint density at radius 1 is 1.05 bits per heavy atom. The molecule has 3 aromatic rings. The molecule has 0 amide bonds. The number of benzene rings is 2. The van der Waals surface area contributed by atoms with Gasteiger partial charge < -0.3 is 10.2 Å². The number of carboxylic acid groups (broad SMARTS) is 1. The molecular weight excluding hydrogens is 276 g/mol. The van der Waals surface area contributed by atoms with Crippen LogP contribution in [0.25, 0.3) is 20.2 Å². The second-order valence-corrected chi connectivity index (χ2v) is 5.52. The van der Waals surface area contributed by atoms with E-state index in [4.69, 9.17) is 10.2 Å². The first-order chi connectivity index (χ1) is 9.60. The Hall–Kier alpha value is -2.24. The molecule has 0 fully saturated rings. The molecule has 0 saturated carbocycles. The van der Waals surface area contributed by atoms with E-state index in [-0.39, 0.29) is 17.6 Å². The quantitative estimate of drug-likeness (QED) is 0.710. The number of hydrogen-bond donors (Lipinski definition) is 2. The van der Waals surface area contributed by atoms with Gasteiger partial charge in [0.15, 0.2) is 5.43 Å². The normalized spacial score (nSPS) is 11.1. The molecule has 0 aliphatic heterocycles. The standard InChI is InChI=1S/C15H10O4S/c16-7-8-1-4-12-11(5-8)14(17)10-3-2-9(15(18)19)6-13(10)20-12/h1-6,16H,7H2,(H,18,19). The molecule has 0 atom stereocenters. The highest BCUT2D eigenvalue weighted by Crippen LogP contribution is 2.26. The summed E-state index contributed by atoms with van der Waals surface area (Å²) in [5.41, 5.74) is 0.712. The summed E-state index contributed by atoms with van der Waals surface area (Å²) in [5.74, 6) is -1.01. The number of hydrogen-bond acceptors (Lipinski definition) is 4. The number of carboxylic acids is 1. The fourth-order valence-electron chi connectivity index (χ4n) is 2.13. The molecule has 1 heterocycles. The number of carbonyl (C=O) groups is 1. The van der Waals surface area contributed by atoms with Gasteiger partial charge in [-0.25, -0.2) is 4.79 Å². The van der Waals surface area contributed by atoms with Crippen molar-refractivity contribution in [2.24, 2.45) is 0 Å². The molecule has 0 aliphatic carbocycles. The Kier molecular flexibility index (Phi) is 3.00. The summed E-state index contributed by atoms with van der Waals surface area (Å²) in [6.07, 6.45) is 0. The van der Waals surface area contributed by atoms with Crippen molar-refractivity contribution in [3.8, 4) is 0 Å². The molecule has 0 bridgehead atoms. The highest BCUT2D eigenvalue weighted by Gasteiger charge is 2.09. The van der Waals surface area contributed by atoms with Crippen LogP contribution >= 0.6 is 11.3 Å². The molecule has 0 unspecified atom stereocenters. The van der Waals surface area contributed by atoms with Crippen molar-refractivity contribution in [2.45, 2.75) is 6.61 Å². The Morgan fingerprint density at radius 2 is 1.85 bits per heavy atom. The average molecular weight is 286 g/mol. The van der Waals surface area contributed by atoms with E-state index in [0.29, 0.717) is 21.0 Å². The zero-order chi connectivity index (χ0) is 14.3. The summed E-state index contributed by atoms with van der Waals surface area (Å²) >= 11 is 1.37. The highest BCUT2D eigenvalue weighted by molar-refractivity contribution is 7.24. The topological polar surface area (TPSA) is 74.6 Å². The van der Waals surface area contributed by atoms with Gasteiger partial charge in [0.1, 0.15) is 0 Å². The third-order valence-electron chi connectivity index (χ3n) is 3.16. The van der Waals surface area contributed by atoms with Crippen molar-refractivity contribution < 1.29 is 15.0 Å². The van der Waals surface area contributed by atoms with E-state index >= 15 is 0 Å². The van der Waals surface area contributed by atoms with Gasteiger partial charge in [0.25, 0.3) is 0 Å². The van der Waals surface area contributed by atoms with Crippen molar-refractivity contribution >= 4 is 37.5 Å². The Labute approximate surface area is 117 Å². The minimum atomic E-state index is -1.01. The van der Waals surface area contributed by atoms with Crippen LogP contribution in [0.1, 0.15) is 15.9 Å². The molecular formula is C15H10O4S. The van der Waals surface area contributed by atoms with E-state index in [0.717, 1.165) is 4.70 Å². The van der Waals surface area contributed by atoms with Crippen LogP contribution in [-0.4, -0.2) is 16.2 Å². The maximum absolute atomic E-state index is 12.4. The summed E-state index contributed by atoms with van der Waals surface area (Å²) in [5, 5.41) is 19.2. The number of aliphatic hydroxyl groups excluding tert-OH is 1. The van der Waals surface area contributed by atoms with E-state index in [9.17, 15) is 9.59 Å². The van der Waals surface area contributed by atoms with E-state index in [2.05, 4.69) is 0 Å². The van der Waals surface area contributed by atoms with E-state index in [1.807, 2.05) is 0 Å². The van der Waals surface area contributed by atoms with Crippen LogP contribution in [-0.2, 0) is 6.61 Å². The zero-order valence-corrected chi connectivity index (χ0v) is 11.1. The molecule has 0 saturated heterocycles. The fourth-order valence-corrected chi connectivity index (χ4v) is 3.22. The molecule has 4 nitrogen and oxygen atoms in total. The first kappa shape index (κ1) is 12.8. The monoisotopic (exact) mass is 286 g/mol. The largest absolute Gasteiger partial charge is 0.478 e. The van der Waals surface area contributed by atoms with Crippen molar-refractivity contribution in [3.63, 3.8) is 0 Å². The maximum Gasteiger partial charge on any atom is 0.335 e. The van der Waals surface area contributed by atoms with Crippen molar-refractivity contribution in [1.29, 1.82) is 0 Å². The van der Waals surface area contributed by atoms with Crippen LogP contribution < -0.4 is 5.43 Å². The molecule has 1 aromatic heterocycles. The summed E-state index contributed by atoms with van der Waals surface area (Å²) < 4.78 is 1.43. The maximum atomic E-state index is 12.4. The molecule has 0 radical (unpaired) electrons. The lowest BCUT2D eigenvalue weighted by atomic mass is 10.1. The van der Waals surface area contributed by atoms with Crippen LogP contribution in [0, 0.1) is 0 Å². The molecule has 5 heteroatoms. The predicted octanol–water partition coefficient (Wildman–Crippen LogP) is 2.61. The van der Waals surface area contributed by atoms with Gasteiger partial charge in [-0.1, -0.05) is 6.07 Å². The van der Waals surface area contributed by atoms with Crippen molar-refractivity contribution in [2.75, 3.05) is 0 Å². The smallest absolute Gasteiger partial charge is 0.335 e. The Bertz CT molecular complexity index is 895. The minimum Gasteiger partial charge on any atom is -0.478 e. The van der Waals surface area contributed by atoms with E-state index in [1.54, 1.807) is 24.3 Å². The van der Waals surface area contributed by atoms with Gasteiger partial charge in [0, 0.05) is 20.2 Å². The van der Waals surface area contributed by atoms with Gasteiger partial charge in [-0.2, -0.15) is 0 Å². The highest BCUT2D eigenvalue weighted by atomic mass is 32.1. The molecule has 2 N–H and O–H groups in total. The second-order valence-electron chi connectivity index (χ2n) is 4.44. The SMILES string of the molecule is O=C(O)c1ccc2c(=O)c3cc(CO)ccc3sc2c1. The summed E-state index contributed by atoms with van der Waals surface area (Å²) in [7, 11) is 0. The van der Waals surface area contributed by atoms with Crippen LogP contribution in [0.3, 0.4) is 0 Å². The van der Waals surface area contributed by atoms with Gasteiger partial charge in [-0.05, 0) is 35.9 Å². The third-order valence-corrected chi connectivity index (χ3v) is 4.30. The minimum absolute atomic E-state index is 0.115. The fraction of sp³-hybridized carbons (Fsp3) is 0.0667. The van der Waals surface area contributed by atoms with Gasteiger partial charge in [0.2, 0.25) is 0 Å². The van der Waals surface area contributed by atoms with Crippen LogP contribution in [0.2, 0.25) is 0 Å². The van der Waals surface area contributed by atoms with Crippen LogP contribution in [0.4, 0.5) is 0 Å². The summed E-state index contributed by atoms with van der Waals surface area (Å²) in [6.45, 7) is -0.115. The first-order valence-corrected chi connectivity index (χ1v) is 6.75. The van der Waals surface area contributed by atoms with Gasteiger partial charge in [0.05, 0.1) is 12.2 Å².